The maximum atomic E-state index is 4.45. The first kappa shape index (κ1) is 77.6. The van der Waals surface area contributed by atoms with Gasteiger partial charge in [0.15, 0.2) is 0 Å². The second-order valence-corrected chi connectivity index (χ2v) is 7.73. The number of hydrogen-bond acceptors (Lipinski definition) is 2. The van der Waals surface area contributed by atoms with Crippen LogP contribution in [-0.4, -0.2) is 10.7 Å². The van der Waals surface area contributed by atoms with Crippen molar-refractivity contribution in [2.75, 3.05) is 0 Å². The zero-order chi connectivity index (χ0) is 27.1. The van der Waals surface area contributed by atoms with Gasteiger partial charge in [0.25, 0.3) is 0 Å². The van der Waals surface area contributed by atoms with Crippen LogP contribution in [0.5, 0.6) is 0 Å². The quantitative estimate of drug-likeness (QED) is 0.206. The Morgan fingerprint density at radius 1 is 0.705 bits per heavy atom. The summed E-state index contributed by atoms with van der Waals surface area (Å²) in [6.45, 7) is 30.1. The summed E-state index contributed by atoms with van der Waals surface area (Å²) in [6.07, 6.45) is 7.77. The van der Waals surface area contributed by atoms with Crippen molar-refractivity contribution in [3.8, 4) is 0 Å². The third kappa shape index (κ3) is 40.6. The molecule has 1 aliphatic heterocycles. The largest absolute Gasteiger partial charge is 2.00 e. The van der Waals surface area contributed by atoms with Crippen LogP contribution in [0.25, 0.3) is 16.5 Å². The van der Waals surface area contributed by atoms with Crippen LogP contribution >= 0.6 is 0 Å². The number of para-hydroxylation sites is 2. The number of benzene rings is 2. The number of aryl methyl sites for hydroxylation is 1. The molecule has 1 aliphatic rings. The molecule has 2 aromatic carbocycles. The van der Waals surface area contributed by atoms with E-state index in [9.17, 15) is 0 Å². The molecule has 0 amide bonds. The van der Waals surface area contributed by atoms with E-state index in [4.69, 9.17) is 0 Å². The Hall–Kier alpha value is 4.16. The fraction of sp³-hybridized carbons (Fsp3) is 0.314. The van der Waals surface area contributed by atoms with Gasteiger partial charge in [0.1, 0.15) is 0 Å². The minimum atomic E-state index is 0. The van der Waals surface area contributed by atoms with Gasteiger partial charge < -0.3 is 47.5 Å². The van der Waals surface area contributed by atoms with E-state index in [1.165, 1.54) is 22.1 Å². The first-order chi connectivity index (χ1) is 16.8. The van der Waals surface area contributed by atoms with Crippen molar-refractivity contribution in [1.29, 1.82) is 0 Å². The molecule has 4 rings (SSSR count). The standard InChI is InChI=1S/C11H11N.C10H8N.4C3H7.2CH3.2W.5Y/c1-8-7-9(2)12-11-6-4-3-5-10(8)11;1-8-6-7-11-10-5-3-2-4-9(8)10;4*1-3-2;;;;;;;;;/h3-6H,1,7H2,2H3;2-6H,1H3;4*1,3H2,2H3;2*1H3;;;;;;;/q;7*-1;2*+2;;;;;. The van der Waals surface area contributed by atoms with E-state index < -0.39 is 0 Å². The summed E-state index contributed by atoms with van der Waals surface area (Å²) in [7, 11) is 0. The first-order valence-corrected chi connectivity index (χ1v) is 12.5. The number of fused-ring (bicyclic) bond motifs is 2. The Kier molecular flexibility index (Phi) is 99.7. The van der Waals surface area contributed by atoms with Crippen LogP contribution in [-0.2, 0) is 206 Å². The van der Waals surface area contributed by atoms with Gasteiger partial charge in [-0.2, -0.15) is 31.7 Å². The Morgan fingerprint density at radius 3 is 1.52 bits per heavy atom. The maximum Gasteiger partial charge on any atom is 2.00 e. The number of aliphatic imine (C=N–C) groups is 1. The van der Waals surface area contributed by atoms with Crippen LogP contribution in [0, 0.1) is 55.7 Å². The van der Waals surface area contributed by atoms with Crippen molar-refractivity contribution < 1.29 is 206 Å². The second kappa shape index (κ2) is 56.5. The van der Waals surface area contributed by atoms with Gasteiger partial charge in [0, 0.05) is 181 Å². The zero-order valence-corrected chi connectivity index (χ0v) is 48.9. The smallest absolute Gasteiger partial charge is 0.386 e. The molecule has 2 heterocycles. The molecular weight excluding hydrogens is 1260 g/mol. The van der Waals surface area contributed by atoms with E-state index in [0.717, 1.165) is 49.0 Å². The van der Waals surface area contributed by atoms with E-state index in [2.05, 4.69) is 69.5 Å². The summed E-state index contributed by atoms with van der Waals surface area (Å²) in [6, 6.07) is 18.1. The summed E-state index contributed by atoms with van der Waals surface area (Å²) in [4.78, 5) is 8.57. The van der Waals surface area contributed by atoms with Crippen LogP contribution in [0.1, 0.15) is 77.8 Å². The molecule has 9 heteroatoms. The van der Waals surface area contributed by atoms with Crippen molar-refractivity contribution in [2.45, 2.75) is 73.6 Å². The van der Waals surface area contributed by atoms with E-state index >= 15 is 0 Å². The normalized spacial score (nSPS) is 8.41. The van der Waals surface area contributed by atoms with Gasteiger partial charge in [-0.15, -0.1) is 10.9 Å². The number of allylic oxidation sites excluding steroid dienone is 1. The number of hydrogen-bond donors (Lipinski definition) is 0. The minimum absolute atomic E-state index is 0. The maximum absolute atomic E-state index is 4.45. The summed E-state index contributed by atoms with van der Waals surface area (Å²) in [5.41, 5.74) is 6.84. The molecule has 44 heavy (non-hydrogen) atoms. The average molecular weight is 1310 g/mol. The molecule has 0 aliphatic carbocycles. The molecule has 0 bridgehead atoms. The average Bonchev–Trinajstić information content (AvgIpc) is 2.82. The molecule has 5 radical (unpaired) electrons. The second-order valence-electron chi connectivity index (χ2n) is 7.73. The summed E-state index contributed by atoms with van der Waals surface area (Å²) >= 11 is 0. The van der Waals surface area contributed by atoms with E-state index in [0.29, 0.717) is 0 Å². The van der Waals surface area contributed by atoms with Gasteiger partial charge in [0.2, 0.25) is 0 Å². The molecule has 0 saturated carbocycles. The number of aromatic nitrogens is 1. The molecule has 3 aromatic rings. The number of nitrogens with zero attached hydrogens (tertiary/aromatic N) is 2. The van der Waals surface area contributed by atoms with Crippen LogP contribution < -0.4 is 0 Å². The Morgan fingerprint density at radius 2 is 1.09 bits per heavy atom. The fourth-order valence-electron chi connectivity index (χ4n) is 2.70. The molecule has 0 N–H and O–H groups in total. The van der Waals surface area contributed by atoms with Gasteiger partial charge in [-0.25, -0.2) is 0 Å². The predicted octanol–water partition coefficient (Wildman–Crippen LogP) is 11.3. The van der Waals surface area contributed by atoms with Crippen molar-refractivity contribution in [3.05, 3.63) is 121 Å². The van der Waals surface area contributed by atoms with Gasteiger partial charge in [0.05, 0.1) is 5.69 Å². The Balaban J connectivity index is -0.0000000354. The molecule has 233 valence electrons. The van der Waals surface area contributed by atoms with Gasteiger partial charge in [-0.3, -0.25) is 4.99 Å². The minimum Gasteiger partial charge on any atom is -0.386 e. The van der Waals surface area contributed by atoms with Crippen LogP contribution in [0.15, 0.2) is 66.2 Å². The predicted molar refractivity (Wildman–Crippen MR) is 174 cm³/mol. The van der Waals surface area contributed by atoms with Gasteiger partial charge in [-0.05, 0) is 24.1 Å². The van der Waals surface area contributed by atoms with E-state index in [1.54, 1.807) is 0 Å². The molecule has 1 aromatic heterocycles. The van der Waals surface area contributed by atoms with E-state index in [-0.39, 0.29) is 221 Å². The summed E-state index contributed by atoms with van der Waals surface area (Å²) in [5, 5.41) is 1.21. The summed E-state index contributed by atoms with van der Waals surface area (Å²) < 4.78 is 0. The summed E-state index contributed by atoms with van der Waals surface area (Å²) in [5.74, 6) is 0. The fourth-order valence-corrected chi connectivity index (χ4v) is 2.70. The Labute approximate surface area is 430 Å². The Bertz CT molecular complexity index is 975. The van der Waals surface area contributed by atoms with Crippen molar-refractivity contribution in [1.82, 2.24) is 4.98 Å². The zero-order valence-electron chi connectivity index (χ0n) is 28.9. The molecule has 2 nitrogen and oxygen atoms in total. The number of pyridine rings is 1. The molecule has 0 unspecified atom stereocenters. The third-order valence-electron chi connectivity index (χ3n) is 3.86. The number of rotatable bonds is 0. The molecule has 0 spiro atoms. The molecule has 0 atom stereocenters. The SMILES string of the molecule is C=C1CC(C)=Nc2ccccc21.Cc1c[c-]nc2ccccc12.[CH2-]CC.[CH2-]CC.[CH2-]CC.[CH2-]CC.[CH3-].[CH3-].[W+2].[W+2].[Y].[Y].[Y].[Y].[Y]. The van der Waals surface area contributed by atoms with Crippen molar-refractivity contribution >= 4 is 27.9 Å². The van der Waals surface area contributed by atoms with E-state index in [1.807, 2.05) is 77.1 Å². The molecular formula is C35H53N2W2Y5-3. The molecule has 0 fully saturated rings. The molecule has 0 saturated heterocycles. The third-order valence-corrected chi connectivity index (χ3v) is 3.86. The monoisotopic (exact) mass is 1310 g/mol. The van der Waals surface area contributed by atoms with Crippen LogP contribution in [0.4, 0.5) is 5.69 Å². The van der Waals surface area contributed by atoms with Crippen molar-refractivity contribution in [3.63, 3.8) is 0 Å². The topological polar surface area (TPSA) is 25.2 Å². The van der Waals surface area contributed by atoms with Gasteiger partial charge >= 0.3 is 42.1 Å². The van der Waals surface area contributed by atoms with Crippen LogP contribution in [0.3, 0.4) is 0 Å². The first-order valence-electron chi connectivity index (χ1n) is 12.5. The van der Waals surface area contributed by atoms with Crippen LogP contribution in [0.2, 0.25) is 0 Å². The van der Waals surface area contributed by atoms with Crippen molar-refractivity contribution in [2.24, 2.45) is 4.99 Å². The van der Waals surface area contributed by atoms with Gasteiger partial charge in [-0.1, -0.05) is 89.9 Å².